The Balaban J connectivity index is 2.60. The van der Waals surface area contributed by atoms with Gasteiger partial charge in [-0.05, 0) is 24.3 Å². The Morgan fingerprint density at radius 2 is 1.88 bits per heavy atom. The number of carbonyl (C=O) groups excluding carboxylic acids is 1. The minimum atomic E-state index is -0.141. The predicted molar refractivity (Wildman–Crippen MR) is 70.4 cm³/mol. The van der Waals surface area contributed by atoms with Crippen molar-refractivity contribution in [2.75, 3.05) is 18.5 Å². The van der Waals surface area contributed by atoms with E-state index < -0.39 is 0 Å². The van der Waals surface area contributed by atoms with Crippen molar-refractivity contribution in [3.8, 4) is 0 Å². The quantitative estimate of drug-likeness (QED) is 0.745. The molecule has 0 fully saturated rings. The van der Waals surface area contributed by atoms with Crippen LogP contribution in [0.1, 0.15) is 37.6 Å². The van der Waals surface area contributed by atoms with E-state index in [0.29, 0.717) is 13.0 Å². The summed E-state index contributed by atoms with van der Waals surface area (Å²) in [5.74, 6) is 0.159. The summed E-state index contributed by atoms with van der Waals surface area (Å²) in [4.78, 5) is 11.4. The van der Waals surface area contributed by atoms with Crippen LogP contribution in [-0.2, 0) is 0 Å². The Kier molecular flexibility index (Phi) is 4.70. The number of aliphatic hydroxyl groups excluding tert-OH is 1. The Bertz CT molecular complexity index is 368. The van der Waals surface area contributed by atoms with Crippen molar-refractivity contribution in [1.82, 2.24) is 0 Å². The highest BCUT2D eigenvalue weighted by molar-refractivity contribution is 5.96. The highest BCUT2D eigenvalue weighted by Gasteiger charge is 2.15. The van der Waals surface area contributed by atoms with E-state index in [9.17, 15) is 4.79 Å². The van der Waals surface area contributed by atoms with Gasteiger partial charge in [0, 0.05) is 36.2 Å². The third kappa shape index (κ3) is 4.19. The first-order valence-electron chi connectivity index (χ1n) is 5.96. The Morgan fingerprint density at radius 3 is 2.35 bits per heavy atom. The lowest BCUT2D eigenvalue weighted by molar-refractivity contribution is 0.0988. The van der Waals surface area contributed by atoms with Crippen molar-refractivity contribution >= 4 is 11.5 Å². The van der Waals surface area contributed by atoms with Crippen LogP contribution in [0.5, 0.6) is 0 Å². The lowest BCUT2D eigenvalue weighted by atomic mass is 9.95. The molecule has 0 spiro atoms. The normalized spacial score (nSPS) is 11.3. The van der Waals surface area contributed by atoms with Crippen molar-refractivity contribution in [3.05, 3.63) is 29.8 Å². The minimum Gasteiger partial charge on any atom is -0.396 e. The standard InChI is InChI=1S/C14H21NO2/c1-4-13(17)11-5-7-12(8-6-11)15-9-14(2,3)10-16/h5-8,15-16H,4,9-10H2,1-3H3. The van der Waals surface area contributed by atoms with Gasteiger partial charge in [0.1, 0.15) is 0 Å². The molecule has 94 valence electrons. The van der Waals surface area contributed by atoms with Crippen LogP contribution in [0, 0.1) is 5.41 Å². The molecule has 1 aromatic carbocycles. The Morgan fingerprint density at radius 1 is 1.29 bits per heavy atom. The molecule has 1 aromatic rings. The third-order valence-electron chi connectivity index (χ3n) is 2.73. The molecule has 0 unspecified atom stereocenters. The number of carbonyl (C=O) groups is 1. The molecule has 0 radical (unpaired) electrons. The lowest BCUT2D eigenvalue weighted by Crippen LogP contribution is -2.26. The molecule has 17 heavy (non-hydrogen) atoms. The van der Waals surface area contributed by atoms with Gasteiger partial charge in [-0.3, -0.25) is 4.79 Å². The number of Topliss-reactive ketones (excluding diaryl/α,β-unsaturated/α-hetero) is 1. The zero-order valence-corrected chi connectivity index (χ0v) is 10.8. The van der Waals surface area contributed by atoms with E-state index in [-0.39, 0.29) is 17.8 Å². The number of anilines is 1. The van der Waals surface area contributed by atoms with Crippen LogP contribution in [0.25, 0.3) is 0 Å². The molecule has 0 aliphatic rings. The molecule has 0 atom stereocenters. The summed E-state index contributed by atoms with van der Waals surface area (Å²) >= 11 is 0. The van der Waals surface area contributed by atoms with Crippen molar-refractivity contribution in [3.63, 3.8) is 0 Å². The van der Waals surface area contributed by atoms with Crippen molar-refractivity contribution in [2.24, 2.45) is 5.41 Å². The first-order valence-corrected chi connectivity index (χ1v) is 5.96. The second kappa shape index (κ2) is 5.82. The van der Waals surface area contributed by atoms with Crippen molar-refractivity contribution in [1.29, 1.82) is 0 Å². The molecule has 0 saturated heterocycles. The van der Waals surface area contributed by atoms with Crippen LogP contribution in [0.4, 0.5) is 5.69 Å². The molecule has 0 aliphatic heterocycles. The maximum Gasteiger partial charge on any atom is 0.162 e. The molecule has 3 heteroatoms. The first kappa shape index (κ1) is 13.7. The summed E-state index contributed by atoms with van der Waals surface area (Å²) in [5, 5.41) is 12.4. The first-order chi connectivity index (χ1) is 7.98. The third-order valence-corrected chi connectivity index (χ3v) is 2.73. The fourth-order valence-corrected chi connectivity index (χ4v) is 1.38. The fourth-order valence-electron chi connectivity index (χ4n) is 1.38. The van der Waals surface area contributed by atoms with Crippen LogP contribution < -0.4 is 5.32 Å². The van der Waals surface area contributed by atoms with E-state index in [2.05, 4.69) is 5.32 Å². The van der Waals surface area contributed by atoms with Gasteiger partial charge in [-0.15, -0.1) is 0 Å². The van der Waals surface area contributed by atoms with Gasteiger partial charge >= 0.3 is 0 Å². The minimum absolute atomic E-state index is 0.141. The van der Waals surface area contributed by atoms with Gasteiger partial charge in [0.15, 0.2) is 5.78 Å². The van der Waals surface area contributed by atoms with E-state index in [1.807, 2.05) is 45.0 Å². The maximum absolute atomic E-state index is 11.4. The van der Waals surface area contributed by atoms with Gasteiger partial charge in [-0.2, -0.15) is 0 Å². The van der Waals surface area contributed by atoms with Gasteiger partial charge in [0.2, 0.25) is 0 Å². The summed E-state index contributed by atoms with van der Waals surface area (Å²) in [6.07, 6.45) is 0.532. The zero-order chi connectivity index (χ0) is 12.9. The van der Waals surface area contributed by atoms with E-state index in [1.165, 1.54) is 0 Å². The topological polar surface area (TPSA) is 49.3 Å². The van der Waals surface area contributed by atoms with Crippen molar-refractivity contribution in [2.45, 2.75) is 27.2 Å². The molecule has 2 N–H and O–H groups in total. The summed E-state index contributed by atoms with van der Waals surface area (Å²) in [6.45, 7) is 6.69. The van der Waals surface area contributed by atoms with Crippen LogP contribution >= 0.6 is 0 Å². The molecule has 0 aromatic heterocycles. The van der Waals surface area contributed by atoms with Gasteiger partial charge in [0.05, 0.1) is 0 Å². The van der Waals surface area contributed by atoms with Gasteiger partial charge in [-0.1, -0.05) is 20.8 Å². The molecular formula is C14H21NO2. The molecule has 0 bridgehead atoms. The number of benzene rings is 1. The number of nitrogens with one attached hydrogen (secondary N) is 1. The lowest BCUT2D eigenvalue weighted by Gasteiger charge is -2.22. The SMILES string of the molecule is CCC(=O)c1ccc(NCC(C)(C)CO)cc1. The highest BCUT2D eigenvalue weighted by atomic mass is 16.3. The molecule has 0 aliphatic carbocycles. The van der Waals surface area contributed by atoms with Gasteiger partial charge < -0.3 is 10.4 Å². The molecular weight excluding hydrogens is 214 g/mol. The van der Waals surface area contributed by atoms with Gasteiger partial charge in [-0.25, -0.2) is 0 Å². The van der Waals surface area contributed by atoms with E-state index in [0.717, 1.165) is 11.3 Å². The summed E-state index contributed by atoms with van der Waals surface area (Å²) in [7, 11) is 0. The van der Waals surface area contributed by atoms with E-state index >= 15 is 0 Å². The monoisotopic (exact) mass is 235 g/mol. The number of rotatable bonds is 6. The number of hydrogen-bond donors (Lipinski definition) is 2. The summed E-state index contributed by atoms with van der Waals surface area (Å²) < 4.78 is 0. The largest absolute Gasteiger partial charge is 0.396 e. The number of aliphatic hydroxyl groups is 1. The average Bonchev–Trinajstić information content (AvgIpc) is 2.36. The van der Waals surface area contributed by atoms with Crippen LogP contribution in [-0.4, -0.2) is 24.0 Å². The van der Waals surface area contributed by atoms with Crippen LogP contribution in [0.3, 0.4) is 0 Å². The second-order valence-corrected chi connectivity index (χ2v) is 5.03. The Hall–Kier alpha value is -1.35. The van der Waals surface area contributed by atoms with Gasteiger partial charge in [0.25, 0.3) is 0 Å². The predicted octanol–water partition coefficient (Wildman–Crippen LogP) is 2.71. The molecule has 0 saturated carbocycles. The average molecular weight is 235 g/mol. The fraction of sp³-hybridized carbons (Fsp3) is 0.500. The summed E-state index contributed by atoms with van der Waals surface area (Å²) in [5.41, 5.74) is 1.58. The molecule has 0 heterocycles. The summed E-state index contributed by atoms with van der Waals surface area (Å²) in [6, 6.07) is 7.47. The van der Waals surface area contributed by atoms with Crippen LogP contribution in [0.15, 0.2) is 24.3 Å². The second-order valence-electron chi connectivity index (χ2n) is 5.03. The molecule has 1 rings (SSSR count). The molecule has 3 nitrogen and oxygen atoms in total. The molecule has 0 amide bonds. The van der Waals surface area contributed by atoms with Crippen LogP contribution in [0.2, 0.25) is 0 Å². The van der Waals surface area contributed by atoms with E-state index in [1.54, 1.807) is 0 Å². The highest BCUT2D eigenvalue weighted by Crippen LogP contribution is 2.16. The smallest absolute Gasteiger partial charge is 0.162 e. The zero-order valence-electron chi connectivity index (χ0n) is 10.8. The van der Waals surface area contributed by atoms with E-state index in [4.69, 9.17) is 5.11 Å². The van der Waals surface area contributed by atoms with Crippen molar-refractivity contribution < 1.29 is 9.90 Å². The number of ketones is 1. The number of hydrogen-bond acceptors (Lipinski definition) is 3. The maximum atomic E-state index is 11.4. The Labute approximate surface area is 103 Å².